The van der Waals surface area contributed by atoms with E-state index in [0.29, 0.717) is 27.7 Å². The molecule has 2 aliphatic rings. The van der Waals surface area contributed by atoms with E-state index in [-0.39, 0.29) is 16.7 Å². The molecule has 2 aliphatic heterocycles. The van der Waals surface area contributed by atoms with Crippen LogP contribution in [0.3, 0.4) is 0 Å². The number of nitrogens with two attached hydrogens (primary N) is 1. The minimum absolute atomic E-state index is 0.0719. The van der Waals surface area contributed by atoms with Crippen molar-refractivity contribution < 1.29 is 24.7 Å². The second-order valence-corrected chi connectivity index (χ2v) is 8.98. The van der Waals surface area contributed by atoms with Crippen LogP contribution in [0, 0.1) is 0 Å². The maximum atomic E-state index is 12.8. The number of halogens is 1. The Kier molecular flexibility index (Phi) is 5.99. The first-order valence-electron chi connectivity index (χ1n) is 9.01. The first kappa shape index (κ1) is 22.0. The molecule has 0 aromatic carbocycles. The first-order valence-corrected chi connectivity index (χ1v) is 11.0. The lowest BCUT2D eigenvalue weighted by molar-refractivity contribution is -0.155. The molecule has 166 valence electrons. The van der Waals surface area contributed by atoms with Gasteiger partial charge in [-0.1, -0.05) is 28.5 Å². The van der Waals surface area contributed by atoms with Gasteiger partial charge in [0.15, 0.2) is 5.13 Å². The van der Waals surface area contributed by atoms with Gasteiger partial charge in [-0.05, 0) is 18.9 Å². The van der Waals surface area contributed by atoms with Crippen LogP contribution >= 0.6 is 34.9 Å². The van der Waals surface area contributed by atoms with Gasteiger partial charge >= 0.3 is 5.97 Å². The largest absolute Gasteiger partial charge is 0.477 e. The number of oxime groups is 1. The maximum absolute atomic E-state index is 12.8. The van der Waals surface area contributed by atoms with Crippen molar-refractivity contribution in [3.63, 3.8) is 0 Å². The molecule has 0 radical (unpaired) electrons. The second kappa shape index (κ2) is 8.72. The summed E-state index contributed by atoms with van der Waals surface area (Å²) in [6, 6.07) is 0.102. The van der Waals surface area contributed by atoms with Gasteiger partial charge in [0.2, 0.25) is 11.5 Å². The smallest absolute Gasteiger partial charge is 0.353 e. The highest BCUT2D eigenvalue weighted by molar-refractivity contribution is 8.03. The summed E-state index contributed by atoms with van der Waals surface area (Å²) in [6.07, 6.45) is 3.75. The summed E-state index contributed by atoms with van der Waals surface area (Å²) < 4.78 is 3.81. The fourth-order valence-electron chi connectivity index (χ4n) is 3.44. The Morgan fingerprint density at radius 2 is 2.22 bits per heavy atom. The number of aromatic nitrogens is 3. The van der Waals surface area contributed by atoms with Crippen LogP contribution in [0.15, 0.2) is 39.1 Å². The number of anilines is 1. The molecule has 5 N–H and O–H groups in total. The predicted molar refractivity (Wildman–Crippen MR) is 114 cm³/mol. The van der Waals surface area contributed by atoms with Crippen LogP contribution in [0.2, 0.25) is 5.02 Å². The van der Waals surface area contributed by atoms with E-state index < -0.39 is 35.6 Å². The van der Waals surface area contributed by atoms with E-state index in [1.807, 2.05) is 0 Å². The number of hydrogen-bond acceptors (Lipinski definition) is 11. The van der Waals surface area contributed by atoms with E-state index in [1.54, 1.807) is 6.07 Å². The highest BCUT2D eigenvalue weighted by Gasteiger charge is 2.54. The predicted octanol–water partition coefficient (Wildman–Crippen LogP) is 0.925. The van der Waals surface area contributed by atoms with Gasteiger partial charge in [-0.3, -0.25) is 19.5 Å². The summed E-state index contributed by atoms with van der Waals surface area (Å²) in [4.78, 5) is 47.2. The van der Waals surface area contributed by atoms with Gasteiger partial charge in [-0.2, -0.15) is 9.36 Å². The van der Waals surface area contributed by atoms with E-state index in [4.69, 9.17) is 17.3 Å². The molecule has 0 aliphatic carbocycles. The average molecular weight is 496 g/mol. The van der Waals surface area contributed by atoms with Crippen LogP contribution in [0.4, 0.5) is 5.13 Å². The summed E-state index contributed by atoms with van der Waals surface area (Å²) >= 11 is 8.09. The van der Waals surface area contributed by atoms with Gasteiger partial charge in [0.1, 0.15) is 11.7 Å². The average Bonchev–Trinajstić information content (AvgIpc) is 3.19. The van der Waals surface area contributed by atoms with Crippen molar-refractivity contribution in [3.8, 4) is 0 Å². The number of nitrogens with zero attached hydrogens (tertiary/aromatic N) is 5. The standard InChI is InChI=1S/C17H14ClN7O5S2/c18-6-5-20-4-3-8(6)31-9-2-1-7-10(15(27)25(7)12(9)16(28)29)21-14(26)11(23-30)13-22-17(19)32-24-13/h3-5,7,10,30H,1-2H2,(H,21,26)(H,28,29)(H2,19,22,24)/b23-11-/t7?,10-/m0/s1. The fraction of sp³-hybridized carbons (Fsp3) is 0.235. The number of carbonyl (C=O) groups is 3. The minimum Gasteiger partial charge on any atom is -0.477 e. The Hall–Kier alpha value is -3.23. The molecule has 1 fully saturated rings. The van der Waals surface area contributed by atoms with Gasteiger partial charge in [-0.15, -0.1) is 0 Å². The zero-order valence-corrected chi connectivity index (χ0v) is 18.3. The maximum Gasteiger partial charge on any atom is 0.353 e. The normalized spacial score (nSPS) is 20.6. The highest BCUT2D eigenvalue weighted by atomic mass is 35.5. The second-order valence-electron chi connectivity index (χ2n) is 6.66. The molecule has 15 heteroatoms. The molecule has 1 saturated heterocycles. The molecule has 12 nitrogen and oxygen atoms in total. The number of pyridine rings is 1. The van der Waals surface area contributed by atoms with E-state index in [9.17, 15) is 24.7 Å². The first-order chi connectivity index (χ1) is 15.3. The molecule has 2 amide bonds. The number of hydrogen-bond donors (Lipinski definition) is 4. The number of amides is 2. The van der Waals surface area contributed by atoms with Gasteiger partial charge < -0.3 is 21.4 Å². The number of nitrogens with one attached hydrogen (secondary N) is 1. The van der Waals surface area contributed by atoms with Crippen LogP contribution in [-0.2, 0) is 14.4 Å². The van der Waals surface area contributed by atoms with Crippen molar-refractivity contribution >= 4 is 63.5 Å². The lowest BCUT2D eigenvalue weighted by atomic mass is 9.86. The summed E-state index contributed by atoms with van der Waals surface area (Å²) in [7, 11) is 0. The lowest BCUT2D eigenvalue weighted by Gasteiger charge is -2.50. The van der Waals surface area contributed by atoms with Crippen molar-refractivity contribution in [2.45, 2.75) is 29.8 Å². The number of rotatable bonds is 6. The zero-order valence-electron chi connectivity index (χ0n) is 15.9. The molecule has 0 spiro atoms. The van der Waals surface area contributed by atoms with Crippen LogP contribution in [0.5, 0.6) is 0 Å². The third-order valence-corrected chi connectivity index (χ3v) is 6.99. The molecule has 1 unspecified atom stereocenters. The van der Waals surface area contributed by atoms with Crippen molar-refractivity contribution in [2.75, 3.05) is 5.73 Å². The topological polar surface area (TPSA) is 184 Å². The molecule has 2 atom stereocenters. The quantitative estimate of drug-likeness (QED) is 0.194. The molecule has 2 aromatic rings. The van der Waals surface area contributed by atoms with Gasteiger partial charge in [0, 0.05) is 33.7 Å². The van der Waals surface area contributed by atoms with E-state index in [0.717, 1.165) is 28.2 Å². The number of thioether (sulfide) groups is 1. The Labute approximate surface area is 193 Å². The zero-order chi connectivity index (χ0) is 23.0. The van der Waals surface area contributed by atoms with Crippen molar-refractivity contribution in [2.24, 2.45) is 5.16 Å². The van der Waals surface area contributed by atoms with Crippen molar-refractivity contribution in [1.82, 2.24) is 24.6 Å². The fourth-order valence-corrected chi connectivity index (χ4v) is 5.15. The van der Waals surface area contributed by atoms with E-state index in [2.05, 4.69) is 24.8 Å². The minimum atomic E-state index is -1.26. The summed E-state index contributed by atoms with van der Waals surface area (Å²) in [5.41, 5.74) is 4.83. The molecule has 4 rings (SSSR count). The lowest BCUT2D eigenvalue weighted by Crippen LogP contribution is -2.72. The van der Waals surface area contributed by atoms with Gasteiger partial charge in [-0.25, -0.2) is 4.79 Å². The van der Waals surface area contributed by atoms with E-state index in [1.165, 1.54) is 12.4 Å². The molecule has 0 bridgehead atoms. The third-order valence-electron chi connectivity index (χ3n) is 4.82. The van der Waals surface area contributed by atoms with E-state index >= 15 is 0 Å². The molecule has 4 heterocycles. The summed E-state index contributed by atoms with van der Waals surface area (Å²) in [5.74, 6) is -2.92. The number of β-lactam (4-membered cyclic amide) rings is 1. The molecule has 32 heavy (non-hydrogen) atoms. The molecular weight excluding hydrogens is 482 g/mol. The number of nitrogen functional groups attached to an aromatic ring is 1. The van der Waals surface area contributed by atoms with Gasteiger partial charge in [0.05, 0.1) is 11.1 Å². The van der Waals surface area contributed by atoms with Crippen LogP contribution in [0.1, 0.15) is 18.7 Å². The van der Waals surface area contributed by atoms with Crippen LogP contribution in [-0.4, -0.2) is 65.1 Å². The summed E-state index contributed by atoms with van der Waals surface area (Å²) in [6.45, 7) is 0. The third kappa shape index (κ3) is 3.87. The monoisotopic (exact) mass is 495 g/mol. The number of carbonyl (C=O) groups excluding carboxylic acids is 2. The van der Waals surface area contributed by atoms with Crippen molar-refractivity contribution in [3.05, 3.63) is 39.9 Å². The number of carboxylic acids is 1. The summed E-state index contributed by atoms with van der Waals surface area (Å²) in [5, 5.41) is 24.8. The number of allylic oxidation sites excluding steroid dienone is 1. The Bertz CT molecular complexity index is 1180. The van der Waals surface area contributed by atoms with Gasteiger partial charge in [0.25, 0.3) is 11.8 Å². The molecule has 2 aromatic heterocycles. The SMILES string of the molecule is Nc1nc(/C(=N/O)C(=O)N[C@@H]2C(=O)N3C(C(=O)O)=C(Sc4ccncc4Cl)CCC23)ns1. The van der Waals surface area contributed by atoms with Crippen molar-refractivity contribution in [1.29, 1.82) is 0 Å². The number of fused-ring (bicyclic) bond motifs is 1. The Balaban J connectivity index is 1.54. The Morgan fingerprint density at radius 3 is 2.84 bits per heavy atom. The van der Waals surface area contributed by atoms with Crippen LogP contribution < -0.4 is 11.1 Å². The van der Waals surface area contributed by atoms with Crippen LogP contribution in [0.25, 0.3) is 0 Å². The molecule has 0 saturated carbocycles. The Morgan fingerprint density at radius 1 is 1.44 bits per heavy atom. The number of carboxylic acid groups (broad SMARTS) is 1. The molecular formula is C17H14ClN7O5S2. The number of aliphatic carboxylic acids is 1. The highest BCUT2D eigenvalue weighted by Crippen LogP contribution is 2.44.